The predicted octanol–water partition coefficient (Wildman–Crippen LogP) is 5.81. The molecule has 0 aliphatic carbocycles. The largest absolute Gasteiger partial charge is 0.488 e. The Balaban J connectivity index is 1.47. The standard InChI is InChI=1S/C21H16FN3O2S/c1-13(22)20-24-25-11-16(23-21(25)28-20)19-10-15-17(8-5-9-18(15)27-19)26-12-14-6-3-2-4-7-14/h2-11,13H,12H2,1H3. The summed E-state index contributed by atoms with van der Waals surface area (Å²) in [6, 6.07) is 17.6. The zero-order valence-electron chi connectivity index (χ0n) is 15.0. The zero-order valence-corrected chi connectivity index (χ0v) is 15.8. The number of ether oxygens (including phenoxy) is 1. The second kappa shape index (κ2) is 6.76. The van der Waals surface area contributed by atoms with Crippen LogP contribution in [0.15, 0.2) is 65.2 Å². The monoisotopic (exact) mass is 393 g/mol. The van der Waals surface area contributed by atoms with E-state index in [0.29, 0.717) is 28.0 Å². The van der Waals surface area contributed by atoms with Crippen molar-refractivity contribution in [3.8, 4) is 17.2 Å². The Hall–Kier alpha value is -3.19. The molecule has 2 aromatic carbocycles. The first-order valence-corrected chi connectivity index (χ1v) is 9.69. The van der Waals surface area contributed by atoms with Gasteiger partial charge in [-0.2, -0.15) is 5.10 Å². The number of fused-ring (bicyclic) bond motifs is 2. The quantitative estimate of drug-likeness (QED) is 0.378. The van der Waals surface area contributed by atoms with Crippen molar-refractivity contribution >= 4 is 27.3 Å². The number of nitrogens with zero attached hydrogens (tertiary/aromatic N) is 3. The van der Waals surface area contributed by atoms with E-state index in [1.165, 1.54) is 18.3 Å². The minimum absolute atomic E-state index is 0.412. The number of rotatable bonds is 5. The molecule has 1 unspecified atom stereocenters. The van der Waals surface area contributed by atoms with Gasteiger partial charge < -0.3 is 9.15 Å². The smallest absolute Gasteiger partial charge is 0.212 e. The lowest BCUT2D eigenvalue weighted by Crippen LogP contribution is -1.94. The molecule has 0 saturated heterocycles. The summed E-state index contributed by atoms with van der Waals surface area (Å²) < 4.78 is 27.0. The first-order valence-electron chi connectivity index (χ1n) is 8.87. The number of hydrogen-bond acceptors (Lipinski definition) is 5. The number of alkyl halides is 1. The summed E-state index contributed by atoms with van der Waals surface area (Å²) in [6.45, 7) is 1.95. The molecule has 0 aliphatic rings. The van der Waals surface area contributed by atoms with E-state index in [9.17, 15) is 4.39 Å². The van der Waals surface area contributed by atoms with Crippen LogP contribution in [0.4, 0.5) is 4.39 Å². The molecule has 0 aliphatic heterocycles. The molecule has 28 heavy (non-hydrogen) atoms. The average molecular weight is 393 g/mol. The van der Waals surface area contributed by atoms with Gasteiger partial charge in [0.25, 0.3) is 0 Å². The molecule has 5 rings (SSSR count). The highest BCUT2D eigenvalue weighted by Crippen LogP contribution is 2.34. The highest BCUT2D eigenvalue weighted by atomic mass is 32.1. The lowest BCUT2D eigenvalue weighted by atomic mass is 10.2. The molecule has 0 N–H and O–H groups in total. The van der Waals surface area contributed by atoms with Gasteiger partial charge in [0.15, 0.2) is 16.9 Å². The number of benzene rings is 2. The van der Waals surface area contributed by atoms with E-state index >= 15 is 0 Å². The molecule has 3 aromatic heterocycles. The highest BCUT2D eigenvalue weighted by molar-refractivity contribution is 7.16. The van der Waals surface area contributed by atoms with Crippen LogP contribution >= 0.6 is 11.3 Å². The van der Waals surface area contributed by atoms with E-state index in [2.05, 4.69) is 10.1 Å². The third kappa shape index (κ3) is 3.03. The maximum atomic E-state index is 13.4. The molecule has 5 aromatic rings. The van der Waals surface area contributed by atoms with Crippen LogP contribution in [0, 0.1) is 0 Å². The molecule has 140 valence electrons. The van der Waals surface area contributed by atoms with E-state index in [-0.39, 0.29) is 0 Å². The Bertz CT molecular complexity index is 1230. The first kappa shape index (κ1) is 16.9. The number of halogens is 1. The Kier molecular flexibility index (Phi) is 4.09. The van der Waals surface area contributed by atoms with Crippen LogP contribution in [0.2, 0.25) is 0 Å². The minimum atomic E-state index is -1.11. The van der Waals surface area contributed by atoms with Crippen LogP contribution in [0.5, 0.6) is 5.75 Å². The van der Waals surface area contributed by atoms with E-state index < -0.39 is 6.17 Å². The summed E-state index contributed by atoms with van der Waals surface area (Å²) in [5.41, 5.74) is 2.48. The van der Waals surface area contributed by atoms with Gasteiger partial charge in [0.2, 0.25) is 4.96 Å². The number of furan rings is 1. The Morgan fingerprint density at radius 1 is 1.18 bits per heavy atom. The summed E-state index contributed by atoms with van der Waals surface area (Å²) in [5.74, 6) is 1.38. The average Bonchev–Trinajstić information content (AvgIpc) is 3.39. The van der Waals surface area contributed by atoms with Gasteiger partial charge >= 0.3 is 0 Å². The van der Waals surface area contributed by atoms with Crippen molar-refractivity contribution in [2.45, 2.75) is 19.7 Å². The van der Waals surface area contributed by atoms with E-state index in [4.69, 9.17) is 9.15 Å². The molecule has 7 heteroatoms. The maximum Gasteiger partial charge on any atom is 0.212 e. The minimum Gasteiger partial charge on any atom is -0.488 e. The van der Waals surface area contributed by atoms with Crippen molar-refractivity contribution in [3.63, 3.8) is 0 Å². The van der Waals surface area contributed by atoms with Gasteiger partial charge in [0.1, 0.15) is 23.6 Å². The zero-order chi connectivity index (χ0) is 19.1. The molecule has 0 amide bonds. The van der Waals surface area contributed by atoms with Gasteiger partial charge in [-0.1, -0.05) is 47.7 Å². The molecule has 1 atom stereocenters. The normalized spacial score (nSPS) is 12.6. The number of imidazole rings is 1. The Morgan fingerprint density at radius 2 is 2.04 bits per heavy atom. The van der Waals surface area contributed by atoms with Crippen molar-refractivity contribution < 1.29 is 13.5 Å². The van der Waals surface area contributed by atoms with Crippen molar-refractivity contribution in [3.05, 3.63) is 71.4 Å². The van der Waals surface area contributed by atoms with Crippen molar-refractivity contribution in [1.82, 2.24) is 14.6 Å². The maximum absolute atomic E-state index is 13.4. The van der Waals surface area contributed by atoms with Crippen molar-refractivity contribution in [2.24, 2.45) is 0 Å². The van der Waals surface area contributed by atoms with Gasteiger partial charge in [0, 0.05) is 0 Å². The molecule has 0 saturated carbocycles. The fraction of sp³-hybridized carbons (Fsp3) is 0.143. The first-order chi connectivity index (χ1) is 13.7. The number of hydrogen-bond donors (Lipinski definition) is 0. The third-order valence-electron chi connectivity index (χ3n) is 4.41. The predicted molar refractivity (Wildman–Crippen MR) is 106 cm³/mol. The lowest BCUT2D eigenvalue weighted by molar-refractivity contribution is 0.310. The topological polar surface area (TPSA) is 52.6 Å². The SMILES string of the molecule is CC(F)c1nn2cc(-c3cc4c(OCc5ccccc5)cccc4o3)nc2s1. The fourth-order valence-corrected chi connectivity index (χ4v) is 3.83. The van der Waals surface area contributed by atoms with Crippen molar-refractivity contribution in [2.75, 3.05) is 0 Å². The van der Waals surface area contributed by atoms with Crippen LogP contribution in [0.3, 0.4) is 0 Å². The summed E-state index contributed by atoms with van der Waals surface area (Å²) in [7, 11) is 0. The lowest BCUT2D eigenvalue weighted by Gasteiger charge is -2.06. The summed E-state index contributed by atoms with van der Waals surface area (Å²) in [6.07, 6.45) is 0.644. The Labute approximate surface area is 164 Å². The van der Waals surface area contributed by atoms with Gasteiger partial charge in [-0.3, -0.25) is 0 Å². The van der Waals surface area contributed by atoms with Gasteiger partial charge in [-0.15, -0.1) is 0 Å². The Morgan fingerprint density at radius 3 is 2.82 bits per heavy atom. The molecule has 0 fully saturated rings. The fourth-order valence-electron chi connectivity index (χ4n) is 3.02. The molecule has 0 spiro atoms. The molecular formula is C21H16FN3O2S. The molecule has 3 heterocycles. The summed E-state index contributed by atoms with van der Waals surface area (Å²) in [4.78, 5) is 5.16. The van der Waals surface area contributed by atoms with Crippen LogP contribution < -0.4 is 4.74 Å². The highest BCUT2D eigenvalue weighted by Gasteiger charge is 2.17. The molecule has 5 nitrogen and oxygen atoms in total. The van der Waals surface area contributed by atoms with E-state index in [1.54, 1.807) is 10.7 Å². The number of aromatic nitrogens is 3. The molecular weight excluding hydrogens is 377 g/mol. The second-order valence-electron chi connectivity index (χ2n) is 6.46. The molecule has 0 radical (unpaired) electrons. The van der Waals surface area contributed by atoms with Crippen LogP contribution in [-0.4, -0.2) is 14.6 Å². The van der Waals surface area contributed by atoms with Gasteiger partial charge in [-0.25, -0.2) is 13.9 Å². The van der Waals surface area contributed by atoms with E-state index in [0.717, 1.165) is 22.3 Å². The summed E-state index contributed by atoms with van der Waals surface area (Å²) >= 11 is 1.24. The third-order valence-corrected chi connectivity index (χ3v) is 5.49. The van der Waals surface area contributed by atoms with E-state index in [1.807, 2.05) is 54.6 Å². The summed E-state index contributed by atoms with van der Waals surface area (Å²) in [5, 5.41) is 5.52. The molecule has 0 bridgehead atoms. The van der Waals surface area contributed by atoms with Crippen LogP contribution in [0.1, 0.15) is 23.7 Å². The second-order valence-corrected chi connectivity index (χ2v) is 7.45. The van der Waals surface area contributed by atoms with Crippen LogP contribution in [0.25, 0.3) is 27.4 Å². The van der Waals surface area contributed by atoms with Gasteiger partial charge in [-0.05, 0) is 30.7 Å². The van der Waals surface area contributed by atoms with Crippen LogP contribution in [-0.2, 0) is 6.61 Å². The van der Waals surface area contributed by atoms with Gasteiger partial charge in [0.05, 0.1) is 11.6 Å². The van der Waals surface area contributed by atoms with Crippen molar-refractivity contribution in [1.29, 1.82) is 0 Å².